The Bertz CT molecular complexity index is 568. The fourth-order valence-electron chi connectivity index (χ4n) is 3.34. The predicted octanol–water partition coefficient (Wildman–Crippen LogP) is 1.74. The summed E-state index contributed by atoms with van der Waals surface area (Å²) in [6.45, 7) is 3.30. The Morgan fingerprint density at radius 2 is 2.00 bits per heavy atom. The highest BCUT2D eigenvalue weighted by Gasteiger charge is 2.45. The molecule has 0 aromatic heterocycles. The quantitative estimate of drug-likeness (QED) is 0.639. The summed E-state index contributed by atoms with van der Waals surface area (Å²) in [5.41, 5.74) is 0.502. The number of carbonyl (C=O) groups excluding carboxylic acids is 1. The number of aromatic hydroxyl groups is 1. The first-order chi connectivity index (χ1) is 11.6. The number of amides is 2. The maximum atomic E-state index is 12.1. The monoisotopic (exact) mass is 333 g/mol. The molecule has 3 rings (SSSR count). The number of urea groups is 1. The van der Waals surface area contributed by atoms with Gasteiger partial charge in [0.25, 0.3) is 0 Å². The molecule has 1 aromatic carbocycles. The lowest BCUT2D eigenvalue weighted by molar-refractivity contribution is 0.168. The van der Waals surface area contributed by atoms with Crippen LogP contribution < -0.4 is 10.6 Å². The number of carbonyl (C=O) groups is 1. The highest BCUT2D eigenvalue weighted by molar-refractivity contribution is 5.75. The number of hydrogen-bond donors (Lipinski definition) is 4. The number of hydrogen-bond acceptors (Lipinski definition) is 4. The zero-order valence-corrected chi connectivity index (χ0v) is 14.0. The molecule has 2 aliphatic rings. The molecule has 1 aliphatic carbocycles. The van der Waals surface area contributed by atoms with E-state index < -0.39 is 6.10 Å². The van der Waals surface area contributed by atoms with Gasteiger partial charge < -0.3 is 25.7 Å². The van der Waals surface area contributed by atoms with Crippen molar-refractivity contribution in [1.82, 2.24) is 15.5 Å². The molecule has 1 aliphatic heterocycles. The lowest BCUT2D eigenvalue weighted by atomic mass is 10.1. The predicted molar refractivity (Wildman–Crippen MR) is 91.9 cm³/mol. The number of nitrogens with zero attached hydrogens (tertiary/aromatic N) is 1. The van der Waals surface area contributed by atoms with Crippen LogP contribution in [0.2, 0.25) is 0 Å². The van der Waals surface area contributed by atoms with Gasteiger partial charge in [-0.2, -0.15) is 0 Å². The molecule has 0 bridgehead atoms. The second kappa shape index (κ2) is 7.40. The van der Waals surface area contributed by atoms with Crippen molar-refractivity contribution < 1.29 is 15.0 Å². The summed E-state index contributed by atoms with van der Waals surface area (Å²) in [7, 11) is 0. The third-order valence-electron chi connectivity index (χ3n) is 4.92. The SMILES string of the molecule is O=C(NC[C@@H](O)c1cccc(O)c1)NC1(CN2CCCCC2)CC1. The first-order valence-electron chi connectivity index (χ1n) is 8.82. The second-order valence-electron chi connectivity index (χ2n) is 7.06. The van der Waals surface area contributed by atoms with Gasteiger partial charge in [0.15, 0.2) is 0 Å². The van der Waals surface area contributed by atoms with Gasteiger partial charge in [-0.25, -0.2) is 4.79 Å². The van der Waals surface area contributed by atoms with Crippen molar-refractivity contribution in [2.24, 2.45) is 0 Å². The van der Waals surface area contributed by atoms with Crippen molar-refractivity contribution >= 4 is 6.03 Å². The molecule has 24 heavy (non-hydrogen) atoms. The maximum absolute atomic E-state index is 12.1. The Labute approximate surface area is 142 Å². The van der Waals surface area contributed by atoms with Crippen LogP contribution in [0.4, 0.5) is 4.79 Å². The average molecular weight is 333 g/mol. The highest BCUT2D eigenvalue weighted by atomic mass is 16.3. The van der Waals surface area contributed by atoms with Gasteiger partial charge in [0.05, 0.1) is 11.6 Å². The molecule has 0 unspecified atom stereocenters. The van der Waals surface area contributed by atoms with Gasteiger partial charge in [-0.05, 0) is 56.5 Å². The number of phenols is 1. The molecule has 0 spiro atoms. The van der Waals surface area contributed by atoms with Crippen LogP contribution >= 0.6 is 0 Å². The van der Waals surface area contributed by atoms with E-state index >= 15 is 0 Å². The van der Waals surface area contributed by atoms with Gasteiger partial charge in [-0.3, -0.25) is 0 Å². The van der Waals surface area contributed by atoms with Crippen molar-refractivity contribution in [3.8, 4) is 5.75 Å². The van der Waals surface area contributed by atoms with Crippen LogP contribution in [0.5, 0.6) is 5.75 Å². The van der Waals surface area contributed by atoms with Crippen LogP contribution in [0.3, 0.4) is 0 Å². The lowest BCUT2D eigenvalue weighted by Crippen LogP contribution is -2.50. The van der Waals surface area contributed by atoms with E-state index in [9.17, 15) is 15.0 Å². The molecule has 0 radical (unpaired) electrons. The number of phenolic OH excluding ortho intramolecular Hbond substituents is 1. The van der Waals surface area contributed by atoms with Crippen LogP contribution in [0, 0.1) is 0 Å². The first-order valence-corrected chi connectivity index (χ1v) is 8.82. The van der Waals surface area contributed by atoms with Gasteiger partial charge in [0.2, 0.25) is 0 Å². The van der Waals surface area contributed by atoms with E-state index in [2.05, 4.69) is 15.5 Å². The summed E-state index contributed by atoms with van der Waals surface area (Å²) in [5.74, 6) is 0.106. The Morgan fingerprint density at radius 3 is 2.67 bits per heavy atom. The second-order valence-corrected chi connectivity index (χ2v) is 7.06. The van der Waals surface area contributed by atoms with Gasteiger partial charge in [-0.1, -0.05) is 18.6 Å². The molecule has 4 N–H and O–H groups in total. The van der Waals surface area contributed by atoms with Crippen LogP contribution in [0.15, 0.2) is 24.3 Å². The zero-order chi connectivity index (χ0) is 17.0. The van der Waals surface area contributed by atoms with Crippen LogP contribution in [-0.4, -0.2) is 52.9 Å². The van der Waals surface area contributed by atoms with E-state index in [0.29, 0.717) is 5.56 Å². The van der Waals surface area contributed by atoms with Gasteiger partial charge in [-0.15, -0.1) is 0 Å². The smallest absolute Gasteiger partial charge is 0.315 e. The van der Waals surface area contributed by atoms with E-state index in [1.54, 1.807) is 18.2 Å². The summed E-state index contributed by atoms with van der Waals surface area (Å²) in [6.07, 6.45) is 5.01. The summed E-state index contributed by atoms with van der Waals surface area (Å²) < 4.78 is 0. The van der Waals surface area contributed by atoms with Crippen LogP contribution in [-0.2, 0) is 0 Å². The summed E-state index contributed by atoms with van der Waals surface area (Å²) in [6, 6.07) is 6.22. The van der Waals surface area contributed by atoms with Gasteiger partial charge in [0.1, 0.15) is 5.75 Å². The molecule has 1 saturated heterocycles. The van der Waals surface area contributed by atoms with Crippen molar-refractivity contribution in [1.29, 1.82) is 0 Å². The molecular weight excluding hydrogens is 306 g/mol. The third-order valence-corrected chi connectivity index (χ3v) is 4.92. The minimum Gasteiger partial charge on any atom is -0.508 e. The Morgan fingerprint density at radius 1 is 1.25 bits per heavy atom. The first kappa shape index (κ1) is 17.0. The molecule has 1 heterocycles. The van der Waals surface area contributed by atoms with E-state index in [-0.39, 0.29) is 23.9 Å². The van der Waals surface area contributed by atoms with Crippen LogP contribution in [0.1, 0.15) is 43.8 Å². The van der Waals surface area contributed by atoms with Crippen LogP contribution in [0.25, 0.3) is 0 Å². The highest BCUT2D eigenvalue weighted by Crippen LogP contribution is 2.36. The molecule has 6 heteroatoms. The Kier molecular flexibility index (Phi) is 5.26. The fourth-order valence-corrected chi connectivity index (χ4v) is 3.34. The number of rotatable bonds is 6. The Balaban J connectivity index is 1.43. The minimum atomic E-state index is -0.833. The maximum Gasteiger partial charge on any atom is 0.315 e. The number of piperidine rings is 1. The number of benzene rings is 1. The molecule has 1 saturated carbocycles. The van der Waals surface area contributed by atoms with Gasteiger partial charge >= 0.3 is 6.03 Å². The standard InChI is InChI=1S/C18H27N3O3/c22-15-6-4-5-14(11-15)16(23)12-19-17(24)20-18(7-8-18)13-21-9-2-1-3-10-21/h4-6,11,16,22-23H,1-3,7-10,12-13H2,(H2,19,20,24)/t16-/m1/s1. The summed E-state index contributed by atoms with van der Waals surface area (Å²) in [4.78, 5) is 14.6. The molecule has 2 amide bonds. The van der Waals surface area contributed by atoms with Crippen molar-refractivity contribution in [2.75, 3.05) is 26.2 Å². The number of aliphatic hydroxyl groups excluding tert-OH is 1. The number of likely N-dealkylation sites (tertiary alicyclic amines) is 1. The van der Waals surface area contributed by atoms with Crippen molar-refractivity contribution in [3.63, 3.8) is 0 Å². The minimum absolute atomic E-state index is 0.0859. The summed E-state index contributed by atoms with van der Waals surface area (Å²) in [5, 5.41) is 25.4. The van der Waals surface area contributed by atoms with E-state index in [0.717, 1.165) is 32.5 Å². The topological polar surface area (TPSA) is 84.8 Å². The largest absolute Gasteiger partial charge is 0.508 e. The number of aliphatic hydroxyl groups is 1. The average Bonchev–Trinajstić information content (AvgIpc) is 3.32. The normalized spacial score (nSPS) is 21.0. The van der Waals surface area contributed by atoms with Crippen molar-refractivity contribution in [3.05, 3.63) is 29.8 Å². The molecule has 1 aromatic rings. The van der Waals surface area contributed by atoms with Gasteiger partial charge in [0, 0.05) is 13.1 Å². The third kappa shape index (κ3) is 4.61. The molecule has 1 atom stereocenters. The lowest BCUT2D eigenvalue weighted by Gasteiger charge is -2.31. The zero-order valence-electron chi connectivity index (χ0n) is 14.0. The number of nitrogens with one attached hydrogen (secondary N) is 2. The Hall–Kier alpha value is -1.79. The fraction of sp³-hybridized carbons (Fsp3) is 0.611. The molecular formula is C18H27N3O3. The molecule has 2 fully saturated rings. The molecule has 6 nitrogen and oxygen atoms in total. The van der Waals surface area contributed by atoms with E-state index in [1.165, 1.54) is 25.3 Å². The molecule has 132 valence electrons. The van der Waals surface area contributed by atoms with Crippen molar-refractivity contribution in [2.45, 2.75) is 43.7 Å². The van der Waals surface area contributed by atoms with E-state index in [4.69, 9.17) is 0 Å². The van der Waals surface area contributed by atoms with E-state index in [1.807, 2.05) is 0 Å². The summed E-state index contributed by atoms with van der Waals surface area (Å²) >= 11 is 0.